The Morgan fingerprint density at radius 1 is 0.591 bits per heavy atom. The smallest absolute Gasteiger partial charge is 0.132 e. The maximum Gasteiger partial charge on any atom is 0.132 e. The van der Waals surface area contributed by atoms with Gasteiger partial charge in [-0.25, -0.2) is 0 Å². The largest absolute Gasteiger partial charge is 0.292 e. The lowest BCUT2D eigenvalue weighted by Gasteiger charge is -2.29. The lowest BCUT2D eigenvalue weighted by molar-refractivity contribution is 0.392. The minimum atomic E-state index is 0. The second-order valence-electron chi connectivity index (χ2n) is 4.66. The van der Waals surface area contributed by atoms with Gasteiger partial charge in [-0.05, 0) is 12.1 Å². The van der Waals surface area contributed by atoms with E-state index < -0.39 is 0 Å². The minimum Gasteiger partial charge on any atom is -0.292 e. The fourth-order valence-corrected chi connectivity index (χ4v) is 1.96. The summed E-state index contributed by atoms with van der Waals surface area (Å²) in [5, 5.41) is 0. The molecule has 0 unspecified atom stereocenters. The van der Waals surface area contributed by atoms with E-state index >= 15 is 0 Å². The Labute approximate surface area is 126 Å². The molecule has 0 atom stereocenters. The summed E-state index contributed by atoms with van der Waals surface area (Å²) < 4.78 is 0.880. The van der Waals surface area contributed by atoms with Gasteiger partial charge in [0, 0.05) is 5.56 Å². The van der Waals surface area contributed by atoms with E-state index in [4.69, 9.17) is 0 Å². The average molecular weight is 332 g/mol. The van der Waals surface area contributed by atoms with E-state index in [-0.39, 0.29) is 28.2 Å². The van der Waals surface area contributed by atoms with E-state index in [2.05, 4.69) is 74.8 Å². The zero-order valence-corrected chi connectivity index (χ0v) is 12.4. The Bertz CT molecular complexity index is 450. The first-order chi connectivity index (χ1) is 7.68. The first kappa shape index (κ1) is 32.1. The van der Waals surface area contributed by atoms with Crippen molar-refractivity contribution in [1.82, 2.24) is 4.48 Å². The number of hydrogen-bond donors (Lipinski definition) is 0. The van der Waals surface area contributed by atoms with Crippen LogP contribution in [0.5, 0.6) is 0 Å². The molecule has 0 bridgehead atoms. The molecule has 0 aromatic heterocycles. The van der Waals surface area contributed by atoms with Crippen molar-refractivity contribution in [1.29, 1.82) is 0 Å². The van der Waals surface area contributed by atoms with E-state index in [1.54, 1.807) is 0 Å². The summed E-state index contributed by atoms with van der Waals surface area (Å²) in [7, 11) is 4.48. The summed E-state index contributed by atoms with van der Waals surface area (Å²) in [6, 6.07) is 21.2. The summed E-state index contributed by atoms with van der Waals surface area (Å²) in [6.07, 6.45) is 0. The summed E-state index contributed by atoms with van der Waals surface area (Å²) in [4.78, 5) is 0. The molecule has 0 amide bonds. The van der Waals surface area contributed by atoms with Gasteiger partial charge in [-0.3, -0.25) is 32.7 Å². The third-order valence-corrected chi connectivity index (χ3v) is 2.88. The topological polar surface area (TPSA) is 0 Å². The van der Waals surface area contributed by atoms with Crippen LogP contribution in [-0.4, -0.2) is 14.1 Å². The van der Waals surface area contributed by atoms with Gasteiger partial charge in [-0.15, -0.1) is 0 Å². The Kier molecular flexibility index (Phi) is 20.3. The normalized spacial score (nSPS) is 8.27. The number of para-hydroxylation sites is 1. The maximum absolute atomic E-state index is 2.24. The molecule has 0 aliphatic carbocycles. The second-order valence-corrected chi connectivity index (χ2v) is 4.66. The van der Waals surface area contributed by atoms with Crippen LogP contribution in [0.25, 0.3) is 0 Å². The van der Waals surface area contributed by atoms with Crippen LogP contribution in [0.3, 0.4) is 0 Å². The van der Waals surface area contributed by atoms with Gasteiger partial charge < -0.3 is 0 Å². The average Bonchev–Trinajstić information content (AvgIpc) is 2.31. The standard InChI is InChI=1S/C15H18N.6FH/c1-16(2,15-11-7-4-8-12-15)13-14-9-5-3-6-10-14;;;;;;/h3-12H,13H2,1-2H3;6*1H/q+1;;;;;;. The Balaban J connectivity index is -0.000000161. The van der Waals surface area contributed by atoms with Gasteiger partial charge in [-0.1, -0.05) is 48.5 Å². The molecule has 0 fully saturated rings. The molecule has 2 aromatic rings. The second kappa shape index (κ2) is 13.9. The van der Waals surface area contributed by atoms with Crippen molar-refractivity contribution in [3.8, 4) is 0 Å². The number of quaternary nitrogens is 1. The van der Waals surface area contributed by atoms with Crippen molar-refractivity contribution in [2.75, 3.05) is 14.1 Å². The highest BCUT2D eigenvalue weighted by molar-refractivity contribution is 5.41. The van der Waals surface area contributed by atoms with E-state index in [9.17, 15) is 0 Å². The molecule has 7 heteroatoms. The molecule has 2 aromatic carbocycles. The van der Waals surface area contributed by atoms with Crippen LogP contribution in [0.2, 0.25) is 0 Å². The number of hydrogen-bond acceptors (Lipinski definition) is 0. The van der Waals surface area contributed by atoms with Gasteiger partial charge in [0.2, 0.25) is 0 Å². The van der Waals surface area contributed by atoms with Gasteiger partial charge in [-0.2, -0.15) is 0 Å². The molecule has 0 radical (unpaired) electrons. The molecular formula is C15H24F6N+. The summed E-state index contributed by atoms with van der Waals surface area (Å²) in [5.41, 5.74) is 2.71. The molecule has 2 rings (SSSR count). The SMILES string of the molecule is C[N+](C)(Cc1ccccc1)c1ccccc1.F.F.F.F.F.F. The maximum atomic E-state index is 2.24. The van der Waals surface area contributed by atoms with Crippen LogP contribution in [0.1, 0.15) is 5.56 Å². The van der Waals surface area contributed by atoms with Gasteiger partial charge in [0.05, 0.1) is 14.1 Å². The van der Waals surface area contributed by atoms with E-state index in [1.165, 1.54) is 11.3 Å². The predicted octanol–water partition coefficient (Wildman–Crippen LogP) is 4.37. The molecule has 0 saturated heterocycles. The molecule has 0 saturated carbocycles. The fourth-order valence-electron chi connectivity index (χ4n) is 1.96. The number of nitrogens with zero attached hydrogens (tertiary/aromatic N) is 1. The Morgan fingerprint density at radius 3 is 1.36 bits per heavy atom. The van der Waals surface area contributed by atoms with E-state index in [0.717, 1.165) is 11.0 Å². The minimum absolute atomic E-state index is 0. The predicted molar refractivity (Wildman–Crippen MR) is 85.2 cm³/mol. The zero-order chi connectivity index (χ0) is 11.4. The molecule has 130 valence electrons. The number of benzene rings is 2. The number of rotatable bonds is 3. The van der Waals surface area contributed by atoms with Crippen molar-refractivity contribution in [3.63, 3.8) is 0 Å². The first-order valence-corrected chi connectivity index (χ1v) is 5.61. The van der Waals surface area contributed by atoms with Crippen LogP contribution < -0.4 is 4.48 Å². The van der Waals surface area contributed by atoms with Gasteiger partial charge in [0.1, 0.15) is 12.2 Å². The molecule has 0 N–H and O–H groups in total. The lowest BCUT2D eigenvalue weighted by atomic mass is 10.2. The van der Waals surface area contributed by atoms with Crippen molar-refractivity contribution in [2.45, 2.75) is 6.54 Å². The summed E-state index contributed by atoms with van der Waals surface area (Å²) in [6.45, 7) is 1.02. The van der Waals surface area contributed by atoms with Gasteiger partial charge in [0.25, 0.3) is 0 Å². The van der Waals surface area contributed by atoms with Crippen LogP contribution in [0.15, 0.2) is 60.7 Å². The Morgan fingerprint density at radius 2 is 0.955 bits per heavy atom. The molecule has 0 spiro atoms. The highest BCUT2D eigenvalue weighted by Crippen LogP contribution is 2.21. The van der Waals surface area contributed by atoms with Crippen LogP contribution in [0.4, 0.5) is 33.9 Å². The van der Waals surface area contributed by atoms with Crippen molar-refractivity contribution in [3.05, 3.63) is 66.2 Å². The van der Waals surface area contributed by atoms with Crippen molar-refractivity contribution >= 4 is 5.69 Å². The van der Waals surface area contributed by atoms with E-state index in [1.807, 2.05) is 0 Å². The van der Waals surface area contributed by atoms with Gasteiger partial charge >= 0.3 is 0 Å². The van der Waals surface area contributed by atoms with Crippen molar-refractivity contribution in [2.24, 2.45) is 0 Å². The first-order valence-electron chi connectivity index (χ1n) is 5.61. The van der Waals surface area contributed by atoms with Crippen molar-refractivity contribution < 1.29 is 28.2 Å². The van der Waals surface area contributed by atoms with Crippen LogP contribution in [-0.2, 0) is 6.54 Å². The fraction of sp³-hybridized carbons (Fsp3) is 0.200. The third kappa shape index (κ3) is 8.31. The molecular weight excluding hydrogens is 308 g/mol. The molecule has 0 aliphatic rings. The summed E-state index contributed by atoms with van der Waals surface area (Å²) >= 11 is 0. The zero-order valence-electron chi connectivity index (χ0n) is 12.4. The molecule has 0 aliphatic heterocycles. The lowest BCUT2D eigenvalue weighted by Crippen LogP contribution is -2.39. The molecule has 0 heterocycles. The van der Waals surface area contributed by atoms with Crippen LogP contribution in [0, 0.1) is 0 Å². The molecule has 1 nitrogen and oxygen atoms in total. The van der Waals surface area contributed by atoms with E-state index in [0.29, 0.717) is 0 Å². The highest BCUT2D eigenvalue weighted by atomic mass is 19.0. The quantitative estimate of drug-likeness (QED) is 0.578. The van der Waals surface area contributed by atoms with Crippen LogP contribution >= 0.6 is 0 Å². The monoisotopic (exact) mass is 332 g/mol. The third-order valence-electron chi connectivity index (χ3n) is 2.88. The Hall–Kier alpha value is -2.02. The molecule has 22 heavy (non-hydrogen) atoms. The highest BCUT2D eigenvalue weighted by Gasteiger charge is 2.18. The summed E-state index contributed by atoms with van der Waals surface area (Å²) in [5.74, 6) is 0. The number of halogens is 6. The van der Waals surface area contributed by atoms with Gasteiger partial charge in [0.15, 0.2) is 0 Å².